The highest BCUT2D eigenvalue weighted by atomic mass is 32.2. The van der Waals surface area contributed by atoms with Gasteiger partial charge in [-0.2, -0.15) is 8.42 Å². The molecule has 3 aromatic carbocycles. The minimum atomic E-state index is -3.79. The molecule has 0 fully saturated rings. The molecule has 0 heterocycles. The van der Waals surface area contributed by atoms with E-state index < -0.39 is 10.1 Å². The van der Waals surface area contributed by atoms with Crippen molar-refractivity contribution in [2.24, 2.45) is 11.8 Å². The van der Waals surface area contributed by atoms with Crippen molar-refractivity contribution in [3.63, 3.8) is 0 Å². The summed E-state index contributed by atoms with van der Waals surface area (Å²) < 4.78 is 58.0. The monoisotopic (exact) mass is 890 g/mol. The van der Waals surface area contributed by atoms with Crippen LogP contribution in [-0.2, 0) is 70.0 Å². The fraction of sp³-hybridized carbons (Fsp3) is 0.478. The van der Waals surface area contributed by atoms with Crippen LogP contribution in [0, 0.1) is 18.8 Å². The second kappa shape index (κ2) is 32.4. The molecule has 1 unspecified atom stereocenters. The van der Waals surface area contributed by atoms with Gasteiger partial charge in [-0.1, -0.05) is 81.8 Å². The summed E-state index contributed by atoms with van der Waals surface area (Å²) in [7, 11) is -1.01. The highest BCUT2D eigenvalue weighted by molar-refractivity contribution is 7.86. The van der Waals surface area contributed by atoms with E-state index in [9.17, 15) is 27.6 Å². The Morgan fingerprint density at radius 2 is 1.13 bits per heavy atom. The molecule has 346 valence electrons. The highest BCUT2D eigenvalue weighted by Gasteiger charge is 2.16. The number of carbonyl (C=O) groups is 4. The lowest BCUT2D eigenvalue weighted by Crippen LogP contribution is -2.17. The number of hydrogen-bond acceptors (Lipinski definition) is 15. The van der Waals surface area contributed by atoms with Crippen LogP contribution >= 0.6 is 0 Å². The van der Waals surface area contributed by atoms with Crippen molar-refractivity contribution >= 4 is 34.0 Å². The van der Waals surface area contributed by atoms with E-state index in [4.69, 9.17) is 28.6 Å². The first-order valence-corrected chi connectivity index (χ1v) is 21.5. The van der Waals surface area contributed by atoms with Crippen molar-refractivity contribution < 1.29 is 70.4 Å². The largest absolute Gasteiger partial charge is 0.508 e. The van der Waals surface area contributed by atoms with Crippen molar-refractivity contribution in [3.8, 4) is 11.5 Å². The Morgan fingerprint density at radius 1 is 0.661 bits per heavy atom. The number of phenols is 1. The van der Waals surface area contributed by atoms with Gasteiger partial charge in [0.15, 0.2) is 0 Å². The van der Waals surface area contributed by atoms with Crippen molar-refractivity contribution in [2.75, 3.05) is 53.9 Å². The number of rotatable bonds is 21. The van der Waals surface area contributed by atoms with Crippen molar-refractivity contribution in [3.05, 3.63) is 102 Å². The fourth-order valence-corrected chi connectivity index (χ4v) is 5.07. The van der Waals surface area contributed by atoms with Crippen LogP contribution in [0.15, 0.2) is 89.8 Å². The van der Waals surface area contributed by atoms with E-state index in [1.807, 2.05) is 45.0 Å². The number of benzene rings is 3. The molecule has 0 bridgehead atoms. The maximum absolute atomic E-state index is 11.8. The van der Waals surface area contributed by atoms with Gasteiger partial charge in [0.2, 0.25) is 0 Å². The quantitative estimate of drug-likeness (QED) is 0.0374. The number of aliphatic hydroxyl groups is 1. The van der Waals surface area contributed by atoms with E-state index in [0.717, 1.165) is 28.0 Å². The zero-order valence-electron chi connectivity index (χ0n) is 37.5. The molecule has 3 aromatic rings. The van der Waals surface area contributed by atoms with Crippen LogP contribution in [0.3, 0.4) is 0 Å². The number of phenolic OH excluding ortho intramolecular Hbond substituents is 1. The van der Waals surface area contributed by atoms with Gasteiger partial charge in [-0.3, -0.25) is 23.4 Å². The fourth-order valence-electron chi connectivity index (χ4n) is 4.18. The van der Waals surface area contributed by atoms with Gasteiger partial charge in [0.25, 0.3) is 10.1 Å². The maximum atomic E-state index is 11.8. The summed E-state index contributed by atoms with van der Waals surface area (Å²) in [4.78, 5) is 43.6. The minimum Gasteiger partial charge on any atom is -0.508 e. The number of aromatic hydroxyl groups is 1. The first-order valence-electron chi connectivity index (χ1n) is 20.1. The second-order valence-corrected chi connectivity index (χ2v) is 15.7. The smallest absolute Gasteiger partial charge is 0.308 e. The van der Waals surface area contributed by atoms with Gasteiger partial charge < -0.3 is 38.6 Å². The van der Waals surface area contributed by atoms with Gasteiger partial charge in [0.1, 0.15) is 37.9 Å². The predicted molar refractivity (Wildman–Crippen MR) is 234 cm³/mol. The van der Waals surface area contributed by atoms with Gasteiger partial charge in [-0.05, 0) is 81.1 Å². The summed E-state index contributed by atoms with van der Waals surface area (Å²) in [6, 6.07) is 20.8. The normalized spacial score (nSPS) is 11.0. The number of ether oxygens (including phenoxy) is 6. The summed E-state index contributed by atoms with van der Waals surface area (Å²) in [5, 5.41) is 17.2. The number of carbonyl (C=O) groups excluding carboxylic acids is 4. The van der Waals surface area contributed by atoms with E-state index >= 15 is 0 Å². The number of esters is 4. The van der Waals surface area contributed by atoms with Crippen LogP contribution in [0.4, 0.5) is 0 Å². The van der Waals surface area contributed by atoms with Gasteiger partial charge in [0, 0.05) is 12.8 Å². The Hall–Kier alpha value is -5.29. The van der Waals surface area contributed by atoms with Gasteiger partial charge in [-0.15, -0.1) is 0 Å². The topological polar surface area (TPSA) is 207 Å². The highest BCUT2D eigenvalue weighted by Crippen LogP contribution is 2.15. The van der Waals surface area contributed by atoms with Crippen LogP contribution in [0.2, 0.25) is 0 Å². The SMILES string of the molecule is C=C(C)C(C)OCCOc1ccc(CCC(=O)OC)cc1.CC(C)C(=O)OCCO.COC(=O)CCc1ccc(O)cc1.Cc1ccc(S(=O)(=O)OCCOC(=O)C(C)C)cc1. The summed E-state index contributed by atoms with van der Waals surface area (Å²) in [6.07, 6.45) is 2.14. The van der Waals surface area contributed by atoms with Crippen molar-refractivity contribution in [2.45, 2.75) is 85.1 Å². The molecular weight excluding hydrogens is 825 g/mol. The third-order valence-electron chi connectivity index (χ3n) is 8.12. The van der Waals surface area contributed by atoms with E-state index in [1.54, 1.807) is 64.1 Å². The molecule has 0 saturated carbocycles. The Morgan fingerprint density at radius 3 is 1.56 bits per heavy atom. The Labute approximate surface area is 367 Å². The second-order valence-electron chi connectivity index (χ2n) is 14.1. The summed E-state index contributed by atoms with van der Waals surface area (Å²) >= 11 is 0. The average molecular weight is 891 g/mol. The molecule has 0 spiro atoms. The van der Waals surface area contributed by atoms with Crippen LogP contribution in [0.5, 0.6) is 11.5 Å². The predicted octanol–water partition coefficient (Wildman–Crippen LogP) is 6.73. The standard InChI is InChI=1S/C17H24O4.C13H18O5S.C10H12O3.C6H12O3/c1-13(2)14(3)20-11-12-21-16-8-5-15(6-9-16)7-10-17(18)19-4;1-10(2)13(14)17-8-9-18-19(15,16)12-6-4-11(3)5-7-12;1-13-10(12)7-4-8-2-5-9(11)6-3-8;1-5(2)6(8)9-4-3-7/h5-6,8-9,14H,1,7,10-12H2,2-4H3;4-7,10H,8-9H2,1-3H3;2-3,5-6,11H,4,7H2,1H3;5,7H,3-4H2,1-2H3. The molecule has 0 aliphatic heterocycles. The summed E-state index contributed by atoms with van der Waals surface area (Å²) in [5.41, 5.74) is 4.07. The molecule has 1 atom stereocenters. The molecule has 62 heavy (non-hydrogen) atoms. The number of hydrogen-bond donors (Lipinski definition) is 2. The first-order chi connectivity index (χ1) is 29.3. The van der Waals surface area contributed by atoms with Gasteiger partial charge in [-0.25, -0.2) is 0 Å². The molecule has 16 heteroatoms. The average Bonchev–Trinajstić information content (AvgIpc) is 3.25. The lowest BCUT2D eigenvalue weighted by molar-refractivity contribution is -0.148. The Bertz CT molecular complexity index is 1840. The Kier molecular flexibility index (Phi) is 29.7. The van der Waals surface area contributed by atoms with Crippen molar-refractivity contribution in [1.29, 1.82) is 0 Å². The zero-order chi connectivity index (χ0) is 47.1. The molecule has 0 aliphatic rings. The number of aryl methyl sites for hydroxylation is 3. The molecule has 0 saturated heterocycles. The number of methoxy groups -OCH3 is 2. The molecule has 0 aromatic heterocycles. The lowest BCUT2D eigenvalue weighted by Gasteiger charge is -2.13. The van der Waals surface area contributed by atoms with E-state index in [0.29, 0.717) is 38.9 Å². The first kappa shape index (κ1) is 56.7. The molecule has 0 aliphatic carbocycles. The maximum Gasteiger partial charge on any atom is 0.308 e. The molecule has 3 rings (SSSR count). The van der Waals surface area contributed by atoms with Gasteiger partial charge >= 0.3 is 23.9 Å². The third-order valence-corrected chi connectivity index (χ3v) is 9.45. The van der Waals surface area contributed by atoms with Gasteiger partial charge in [0.05, 0.1) is 50.3 Å². The van der Waals surface area contributed by atoms with Crippen LogP contribution in [0.25, 0.3) is 0 Å². The Balaban J connectivity index is 0.000000836. The lowest BCUT2D eigenvalue weighted by atomic mass is 10.1. The molecule has 15 nitrogen and oxygen atoms in total. The summed E-state index contributed by atoms with van der Waals surface area (Å²) in [5.74, 6) is -0.358. The molecular formula is C46H66O15S. The minimum absolute atomic E-state index is 0.0503. The van der Waals surface area contributed by atoms with Crippen molar-refractivity contribution in [1.82, 2.24) is 0 Å². The molecule has 0 radical (unpaired) electrons. The molecule has 2 N–H and O–H groups in total. The van der Waals surface area contributed by atoms with E-state index in [-0.39, 0.29) is 78.9 Å². The third kappa shape index (κ3) is 27.5. The summed E-state index contributed by atoms with van der Waals surface area (Å²) in [6.45, 7) is 17.3. The van der Waals surface area contributed by atoms with Crippen LogP contribution in [0.1, 0.15) is 71.1 Å². The van der Waals surface area contributed by atoms with E-state index in [1.165, 1.54) is 26.4 Å². The zero-order valence-corrected chi connectivity index (χ0v) is 38.4. The van der Waals surface area contributed by atoms with Crippen LogP contribution < -0.4 is 4.74 Å². The van der Waals surface area contributed by atoms with E-state index in [2.05, 4.69) is 20.8 Å². The molecule has 0 amide bonds. The van der Waals surface area contributed by atoms with Crippen LogP contribution in [-0.4, -0.2) is 102 Å². The number of aliphatic hydroxyl groups excluding tert-OH is 1.